The van der Waals surface area contributed by atoms with Gasteiger partial charge in [-0.1, -0.05) is 32.0 Å². The van der Waals surface area contributed by atoms with Crippen molar-refractivity contribution in [3.8, 4) is 5.75 Å². The first-order chi connectivity index (χ1) is 12.0. The molecule has 2 rings (SSSR count). The molecule has 0 bridgehead atoms. The number of nitrogens with zero attached hydrogens (tertiary/aromatic N) is 2. The molecule has 1 heterocycles. The number of ether oxygens (including phenoxy) is 1. The molecule has 0 spiro atoms. The summed E-state index contributed by atoms with van der Waals surface area (Å²) in [7, 11) is 1.68. The molecule has 134 valence electrons. The van der Waals surface area contributed by atoms with E-state index in [2.05, 4.69) is 53.5 Å². The van der Waals surface area contributed by atoms with Gasteiger partial charge >= 0.3 is 0 Å². The molecule has 25 heavy (non-hydrogen) atoms. The predicted molar refractivity (Wildman–Crippen MR) is 103 cm³/mol. The second-order valence-electron chi connectivity index (χ2n) is 6.48. The third-order valence-corrected chi connectivity index (χ3v) is 4.04. The van der Waals surface area contributed by atoms with Crippen LogP contribution >= 0.6 is 0 Å². The number of benzene rings is 1. The van der Waals surface area contributed by atoms with Crippen molar-refractivity contribution < 1.29 is 4.74 Å². The molecule has 0 aliphatic rings. The number of rotatable bonds is 7. The molecule has 0 aliphatic heterocycles. The van der Waals surface area contributed by atoms with E-state index in [-0.39, 0.29) is 5.41 Å². The highest BCUT2D eigenvalue weighted by atomic mass is 16.5. The molecule has 0 saturated heterocycles. The Balaban J connectivity index is 2.00. The van der Waals surface area contributed by atoms with Gasteiger partial charge in [-0.05, 0) is 36.8 Å². The van der Waals surface area contributed by atoms with E-state index < -0.39 is 0 Å². The van der Waals surface area contributed by atoms with Gasteiger partial charge in [-0.25, -0.2) is 4.99 Å². The molecular formula is C20H28N4O. The molecule has 0 atom stereocenters. The Morgan fingerprint density at radius 3 is 2.48 bits per heavy atom. The Bertz CT molecular complexity index is 666. The third kappa shape index (κ3) is 5.78. The average molecular weight is 340 g/mol. The van der Waals surface area contributed by atoms with E-state index in [1.54, 1.807) is 13.3 Å². The van der Waals surface area contributed by atoms with Crippen LogP contribution in [0.15, 0.2) is 53.7 Å². The van der Waals surface area contributed by atoms with E-state index in [9.17, 15) is 0 Å². The number of hydrogen-bond donors (Lipinski definition) is 2. The van der Waals surface area contributed by atoms with E-state index in [0.29, 0.717) is 6.54 Å². The van der Waals surface area contributed by atoms with Gasteiger partial charge in [0.15, 0.2) is 5.96 Å². The first-order valence-corrected chi connectivity index (χ1v) is 8.62. The topological polar surface area (TPSA) is 58.5 Å². The summed E-state index contributed by atoms with van der Waals surface area (Å²) < 4.78 is 5.24. The summed E-state index contributed by atoms with van der Waals surface area (Å²) >= 11 is 0. The van der Waals surface area contributed by atoms with Crippen molar-refractivity contribution in [3.05, 3.63) is 59.9 Å². The number of guanidine groups is 1. The lowest BCUT2D eigenvalue weighted by molar-refractivity contribution is 0.414. The highest BCUT2D eigenvalue weighted by Gasteiger charge is 2.21. The smallest absolute Gasteiger partial charge is 0.191 e. The monoisotopic (exact) mass is 340 g/mol. The number of aliphatic imine (C=N–C) groups is 1. The molecule has 0 amide bonds. The summed E-state index contributed by atoms with van der Waals surface area (Å²) in [5.74, 6) is 1.67. The maximum atomic E-state index is 5.24. The van der Waals surface area contributed by atoms with Crippen LogP contribution in [0, 0.1) is 0 Å². The molecule has 1 aromatic heterocycles. The molecule has 0 aliphatic carbocycles. The Morgan fingerprint density at radius 2 is 1.88 bits per heavy atom. The number of methoxy groups -OCH3 is 1. The van der Waals surface area contributed by atoms with Gasteiger partial charge in [-0.3, -0.25) is 4.98 Å². The Hall–Kier alpha value is -2.56. The standard InChI is InChI=1S/C20H28N4O/c1-5-21-19(23-14-17-8-6-7-13-22-17)24-15-20(2,3)16-9-11-18(25-4)12-10-16/h6-13H,5,14-15H2,1-4H3,(H2,21,23,24). The van der Waals surface area contributed by atoms with Crippen LogP contribution < -0.4 is 15.4 Å². The molecule has 0 saturated carbocycles. The number of hydrogen-bond acceptors (Lipinski definition) is 3. The van der Waals surface area contributed by atoms with Crippen molar-refractivity contribution in [2.75, 3.05) is 20.2 Å². The van der Waals surface area contributed by atoms with Crippen molar-refractivity contribution >= 4 is 5.96 Å². The molecule has 5 heteroatoms. The van der Waals surface area contributed by atoms with Gasteiger partial charge in [-0.15, -0.1) is 0 Å². The summed E-state index contributed by atoms with van der Waals surface area (Å²) in [4.78, 5) is 8.93. The fourth-order valence-electron chi connectivity index (χ4n) is 2.44. The van der Waals surface area contributed by atoms with Crippen LogP contribution in [0.4, 0.5) is 0 Å². The minimum Gasteiger partial charge on any atom is -0.497 e. The maximum Gasteiger partial charge on any atom is 0.191 e. The minimum absolute atomic E-state index is 0.0343. The van der Waals surface area contributed by atoms with Gasteiger partial charge in [0.05, 0.1) is 19.3 Å². The zero-order valence-electron chi connectivity index (χ0n) is 15.5. The van der Waals surface area contributed by atoms with E-state index in [1.807, 2.05) is 30.3 Å². The highest BCUT2D eigenvalue weighted by Crippen LogP contribution is 2.24. The summed E-state index contributed by atoms with van der Waals surface area (Å²) in [6.07, 6.45) is 1.79. The number of aromatic nitrogens is 1. The van der Waals surface area contributed by atoms with Crippen molar-refractivity contribution in [2.45, 2.75) is 32.7 Å². The van der Waals surface area contributed by atoms with Gasteiger partial charge in [0.1, 0.15) is 5.75 Å². The van der Waals surface area contributed by atoms with Gasteiger partial charge in [0, 0.05) is 24.7 Å². The lowest BCUT2D eigenvalue weighted by Gasteiger charge is -2.27. The van der Waals surface area contributed by atoms with E-state index in [1.165, 1.54) is 5.56 Å². The van der Waals surface area contributed by atoms with Crippen LogP contribution in [0.2, 0.25) is 0 Å². The lowest BCUT2D eigenvalue weighted by atomic mass is 9.84. The Labute approximate surface area is 150 Å². The molecule has 0 fully saturated rings. The number of nitrogens with one attached hydrogen (secondary N) is 2. The second-order valence-corrected chi connectivity index (χ2v) is 6.48. The van der Waals surface area contributed by atoms with Gasteiger partial charge in [-0.2, -0.15) is 0 Å². The normalized spacial score (nSPS) is 11.9. The minimum atomic E-state index is -0.0343. The largest absolute Gasteiger partial charge is 0.497 e. The van der Waals surface area contributed by atoms with Crippen LogP contribution in [0.3, 0.4) is 0 Å². The Morgan fingerprint density at radius 1 is 1.12 bits per heavy atom. The first-order valence-electron chi connectivity index (χ1n) is 8.62. The average Bonchev–Trinajstić information content (AvgIpc) is 2.65. The summed E-state index contributed by atoms with van der Waals surface area (Å²) in [5, 5.41) is 6.72. The summed E-state index contributed by atoms with van der Waals surface area (Å²) in [6, 6.07) is 14.1. The van der Waals surface area contributed by atoms with Gasteiger partial charge in [0.25, 0.3) is 0 Å². The van der Waals surface area contributed by atoms with E-state index in [4.69, 9.17) is 4.74 Å². The quantitative estimate of drug-likeness (QED) is 0.601. The predicted octanol–water partition coefficient (Wildman–Crippen LogP) is 3.12. The van der Waals surface area contributed by atoms with Crippen LogP contribution in [-0.2, 0) is 12.0 Å². The summed E-state index contributed by atoms with van der Waals surface area (Å²) in [6.45, 7) is 8.63. The van der Waals surface area contributed by atoms with Crippen molar-refractivity contribution in [3.63, 3.8) is 0 Å². The van der Waals surface area contributed by atoms with Gasteiger partial charge in [0.2, 0.25) is 0 Å². The lowest BCUT2D eigenvalue weighted by Crippen LogP contribution is -2.43. The molecule has 0 unspecified atom stereocenters. The van der Waals surface area contributed by atoms with Crippen molar-refractivity contribution in [1.82, 2.24) is 15.6 Å². The van der Waals surface area contributed by atoms with E-state index >= 15 is 0 Å². The molecule has 2 aromatic rings. The van der Waals surface area contributed by atoms with Crippen molar-refractivity contribution in [2.24, 2.45) is 4.99 Å². The summed E-state index contributed by atoms with van der Waals surface area (Å²) in [5.41, 5.74) is 2.17. The molecular weight excluding hydrogens is 312 g/mol. The fourth-order valence-corrected chi connectivity index (χ4v) is 2.44. The molecule has 5 nitrogen and oxygen atoms in total. The zero-order valence-corrected chi connectivity index (χ0v) is 15.5. The molecule has 0 radical (unpaired) electrons. The molecule has 2 N–H and O–H groups in total. The molecule has 1 aromatic carbocycles. The van der Waals surface area contributed by atoms with Crippen LogP contribution in [0.25, 0.3) is 0 Å². The third-order valence-electron chi connectivity index (χ3n) is 4.04. The van der Waals surface area contributed by atoms with Crippen LogP contribution in [0.5, 0.6) is 5.75 Å². The van der Waals surface area contributed by atoms with Crippen LogP contribution in [0.1, 0.15) is 32.0 Å². The maximum absolute atomic E-state index is 5.24. The number of pyridine rings is 1. The van der Waals surface area contributed by atoms with Gasteiger partial charge < -0.3 is 15.4 Å². The SMILES string of the molecule is CCNC(=NCc1ccccn1)NCC(C)(C)c1ccc(OC)cc1. The highest BCUT2D eigenvalue weighted by molar-refractivity contribution is 5.79. The van der Waals surface area contributed by atoms with Crippen LogP contribution in [-0.4, -0.2) is 31.1 Å². The zero-order chi connectivity index (χ0) is 18.1. The first kappa shape index (κ1) is 18.8. The van der Waals surface area contributed by atoms with Crippen molar-refractivity contribution in [1.29, 1.82) is 0 Å². The van der Waals surface area contributed by atoms with E-state index in [0.717, 1.165) is 30.5 Å². The Kier molecular flexibility index (Phi) is 6.81. The fraction of sp³-hybridized carbons (Fsp3) is 0.400. The second kappa shape index (κ2) is 9.06.